The first-order valence-electron chi connectivity index (χ1n) is 8.10. The molecule has 1 heterocycles. The van der Waals surface area contributed by atoms with Crippen molar-refractivity contribution in [3.8, 4) is 17.0 Å². The molecule has 0 amide bonds. The van der Waals surface area contributed by atoms with Gasteiger partial charge in [-0.1, -0.05) is 0 Å². The van der Waals surface area contributed by atoms with Crippen LogP contribution in [0, 0.1) is 5.82 Å². The molecule has 3 rings (SSSR count). The number of halogens is 1. The maximum Gasteiger partial charge on any atom is 0.124 e. The fourth-order valence-corrected chi connectivity index (χ4v) is 2.62. The van der Waals surface area contributed by atoms with E-state index in [-0.39, 0.29) is 12.4 Å². The van der Waals surface area contributed by atoms with Crippen LogP contribution in [0.4, 0.5) is 10.1 Å². The summed E-state index contributed by atoms with van der Waals surface area (Å²) >= 11 is 0. The van der Waals surface area contributed by atoms with Gasteiger partial charge in [-0.2, -0.15) is 5.10 Å². The molecule has 0 bridgehead atoms. The van der Waals surface area contributed by atoms with Gasteiger partial charge in [0.2, 0.25) is 0 Å². The van der Waals surface area contributed by atoms with Gasteiger partial charge in [-0.25, -0.2) is 4.39 Å². The number of ether oxygens (including phenoxy) is 1. The normalized spacial score (nSPS) is 10.7. The number of aromatic amines is 1. The van der Waals surface area contributed by atoms with Crippen molar-refractivity contribution in [3.05, 3.63) is 65.6 Å². The molecule has 1 aromatic heterocycles. The molecule has 0 saturated carbocycles. The van der Waals surface area contributed by atoms with Crippen molar-refractivity contribution in [2.45, 2.75) is 20.1 Å². The van der Waals surface area contributed by atoms with Crippen LogP contribution in [0.2, 0.25) is 0 Å². The molecule has 130 valence electrons. The zero-order valence-corrected chi connectivity index (χ0v) is 13.9. The number of aliphatic hydroxyl groups is 1. The van der Waals surface area contributed by atoms with Crippen LogP contribution in [0.3, 0.4) is 0 Å². The van der Waals surface area contributed by atoms with Crippen LogP contribution in [-0.4, -0.2) is 21.9 Å². The molecule has 6 heteroatoms. The summed E-state index contributed by atoms with van der Waals surface area (Å²) in [6.45, 7) is 2.92. The lowest BCUT2D eigenvalue weighted by Gasteiger charge is -2.12. The zero-order chi connectivity index (χ0) is 17.6. The summed E-state index contributed by atoms with van der Waals surface area (Å²) in [6, 6.07) is 11.9. The van der Waals surface area contributed by atoms with E-state index in [4.69, 9.17) is 4.74 Å². The highest BCUT2D eigenvalue weighted by atomic mass is 19.1. The first-order chi connectivity index (χ1) is 12.2. The van der Waals surface area contributed by atoms with Gasteiger partial charge in [0.05, 0.1) is 25.1 Å². The Morgan fingerprint density at radius 2 is 1.96 bits per heavy atom. The number of nitrogens with zero attached hydrogens (tertiary/aromatic N) is 1. The monoisotopic (exact) mass is 341 g/mol. The molecule has 3 aromatic rings. The van der Waals surface area contributed by atoms with Gasteiger partial charge in [0.15, 0.2) is 0 Å². The van der Waals surface area contributed by atoms with Crippen LogP contribution >= 0.6 is 0 Å². The second-order valence-electron chi connectivity index (χ2n) is 5.54. The van der Waals surface area contributed by atoms with Gasteiger partial charge < -0.3 is 15.2 Å². The number of aliphatic hydroxyl groups excluding tert-OH is 1. The quantitative estimate of drug-likeness (QED) is 0.612. The first kappa shape index (κ1) is 17.0. The number of rotatable bonds is 7. The number of anilines is 1. The molecule has 0 radical (unpaired) electrons. The fraction of sp³-hybridized carbons (Fsp3) is 0.211. The van der Waals surface area contributed by atoms with Crippen LogP contribution in [0.1, 0.15) is 18.1 Å². The maximum atomic E-state index is 13.1. The molecule has 25 heavy (non-hydrogen) atoms. The number of benzene rings is 2. The van der Waals surface area contributed by atoms with Gasteiger partial charge in [0.25, 0.3) is 0 Å². The predicted octanol–water partition coefficient (Wildman–Crippen LogP) is 3.72. The summed E-state index contributed by atoms with van der Waals surface area (Å²) in [7, 11) is 0. The number of hydrogen-bond donors (Lipinski definition) is 3. The van der Waals surface area contributed by atoms with E-state index in [1.807, 2.05) is 25.1 Å². The fourth-order valence-electron chi connectivity index (χ4n) is 2.62. The standard InChI is InChI=1S/C19H20FN3O2/c1-2-25-18-8-7-17(9-14(18)12-24)21-10-15-11-22-23-19(15)13-3-5-16(20)6-4-13/h3-9,11,21,24H,2,10,12H2,1H3,(H,22,23). The van der Waals surface area contributed by atoms with E-state index in [9.17, 15) is 9.50 Å². The summed E-state index contributed by atoms with van der Waals surface area (Å²) < 4.78 is 18.6. The highest BCUT2D eigenvalue weighted by molar-refractivity contribution is 5.63. The van der Waals surface area contributed by atoms with Crippen LogP contribution in [0.25, 0.3) is 11.3 Å². The molecular formula is C19H20FN3O2. The average molecular weight is 341 g/mol. The third kappa shape index (κ3) is 3.97. The minimum atomic E-state index is -0.270. The van der Waals surface area contributed by atoms with Crippen molar-refractivity contribution < 1.29 is 14.2 Å². The molecule has 0 aliphatic carbocycles. The minimum Gasteiger partial charge on any atom is -0.494 e. The lowest BCUT2D eigenvalue weighted by Crippen LogP contribution is -2.02. The molecule has 0 atom stereocenters. The van der Waals surface area contributed by atoms with Crippen molar-refractivity contribution in [2.75, 3.05) is 11.9 Å². The minimum absolute atomic E-state index is 0.0859. The van der Waals surface area contributed by atoms with E-state index in [0.29, 0.717) is 18.9 Å². The first-order valence-corrected chi connectivity index (χ1v) is 8.10. The van der Waals surface area contributed by atoms with E-state index >= 15 is 0 Å². The van der Waals surface area contributed by atoms with Gasteiger partial charge >= 0.3 is 0 Å². The van der Waals surface area contributed by atoms with Gasteiger partial charge in [-0.05, 0) is 49.4 Å². The Bertz CT molecular complexity index is 831. The Labute approximate surface area is 145 Å². The Hall–Kier alpha value is -2.86. The Kier molecular flexibility index (Phi) is 5.30. The van der Waals surface area contributed by atoms with Crippen molar-refractivity contribution in [1.29, 1.82) is 0 Å². The number of nitrogens with one attached hydrogen (secondary N) is 2. The van der Waals surface area contributed by atoms with E-state index in [2.05, 4.69) is 15.5 Å². The Balaban J connectivity index is 1.74. The van der Waals surface area contributed by atoms with E-state index in [1.165, 1.54) is 12.1 Å². The van der Waals surface area contributed by atoms with Crippen molar-refractivity contribution >= 4 is 5.69 Å². The maximum absolute atomic E-state index is 13.1. The van der Waals surface area contributed by atoms with E-state index in [1.54, 1.807) is 18.3 Å². The van der Waals surface area contributed by atoms with Crippen molar-refractivity contribution in [3.63, 3.8) is 0 Å². The van der Waals surface area contributed by atoms with Crippen LogP contribution < -0.4 is 10.1 Å². The van der Waals surface area contributed by atoms with Crippen molar-refractivity contribution in [2.24, 2.45) is 0 Å². The predicted molar refractivity (Wildman–Crippen MR) is 94.8 cm³/mol. The third-order valence-corrected chi connectivity index (χ3v) is 3.86. The van der Waals surface area contributed by atoms with Gasteiger partial charge in [0.1, 0.15) is 11.6 Å². The van der Waals surface area contributed by atoms with Crippen LogP contribution in [-0.2, 0) is 13.2 Å². The van der Waals surface area contributed by atoms with E-state index in [0.717, 1.165) is 28.1 Å². The zero-order valence-electron chi connectivity index (χ0n) is 13.9. The van der Waals surface area contributed by atoms with Crippen LogP contribution in [0.5, 0.6) is 5.75 Å². The summed E-state index contributed by atoms with van der Waals surface area (Å²) in [5, 5.41) is 19.8. The lowest BCUT2D eigenvalue weighted by molar-refractivity contribution is 0.267. The number of H-pyrrole nitrogens is 1. The molecule has 5 nitrogen and oxygen atoms in total. The molecule has 0 spiro atoms. The summed E-state index contributed by atoms with van der Waals surface area (Å²) in [5.41, 5.74) is 4.29. The molecule has 0 unspecified atom stereocenters. The Morgan fingerprint density at radius 1 is 1.16 bits per heavy atom. The van der Waals surface area contributed by atoms with Crippen molar-refractivity contribution in [1.82, 2.24) is 10.2 Å². The topological polar surface area (TPSA) is 70.2 Å². The second kappa shape index (κ2) is 7.81. The van der Waals surface area contributed by atoms with Crippen LogP contribution in [0.15, 0.2) is 48.7 Å². The molecular weight excluding hydrogens is 321 g/mol. The molecule has 2 aromatic carbocycles. The van der Waals surface area contributed by atoms with Gasteiger partial charge in [-0.15, -0.1) is 0 Å². The molecule has 0 saturated heterocycles. The SMILES string of the molecule is CCOc1ccc(NCc2cn[nH]c2-c2ccc(F)cc2)cc1CO. The summed E-state index contributed by atoms with van der Waals surface area (Å²) in [5.74, 6) is 0.416. The van der Waals surface area contributed by atoms with E-state index < -0.39 is 0 Å². The molecule has 0 aliphatic heterocycles. The highest BCUT2D eigenvalue weighted by Crippen LogP contribution is 2.25. The molecule has 0 aliphatic rings. The summed E-state index contributed by atoms with van der Waals surface area (Å²) in [4.78, 5) is 0. The number of aromatic nitrogens is 2. The Morgan fingerprint density at radius 3 is 2.68 bits per heavy atom. The third-order valence-electron chi connectivity index (χ3n) is 3.86. The second-order valence-corrected chi connectivity index (χ2v) is 5.54. The largest absolute Gasteiger partial charge is 0.494 e. The summed E-state index contributed by atoms with van der Waals surface area (Å²) in [6.07, 6.45) is 1.74. The van der Waals surface area contributed by atoms with Gasteiger partial charge in [-0.3, -0.25) is 5.10 Å². The smallest absolute Gasteiger partial charge is 0.124 e. The lowest BCUT2D eigenvalue weighted by atomic mass is 10.1. The highest BCUT2D eigenvalue weighted by Gasteiger charge is 2.09. The van der Waals surface area contributed by atoms with Gasteiger partial charge in [0, 0.05) is 28.9 Å². The number of hydrogen-bond acceptors (Lipinski definition) is 4. The molecule has 3 N–H and O–H groups in total. The average Bonchev–Trinajstić information content (AvgIpc) is 3.10. The molecule has 0 fully saturated rings.